The van der Waals surface area contributed by atoms with Crippen LogP contribution in [0.25, 0.3) is 0 Å². The van der Waals surface area contributed by atoms with Crippen molar-refractivity contribution in [1.82, 2.24) is 4.90 Å². The van der Waals surface area contributed by atoms with E-state index in [1.54, 1.807) is 0 Å². The molecule has 1 saturated heterocycles. The Labute approximate surface area is 191 Å². The molecule has 3 aliphatic rings. The molecular formula is C26H33Cl2NO. The summed E-state index contributed by atoms with van der Waals surface area (Å²) < 4.78 is 6.82. The topological polar surface area (TPSA) is 12.5 Å². The van der Waals surface area contributed by atoms with Crippen LogP contribution < -0.4 is 0 Å². The van der Waals surface area contributed by atoms with Crippen LogP contribution in [0.2, 0.25) is 10.0 Å². The Kier molecular flexibility index (Phi) is 7.41. The second kappa shape index (κ2) is 10.0. The summed E-state index contributed by atoms with van der Waals surface area (Å²) in [7, 11) is 0. The zero-order valence-corrected chi connectivity index (χ0v) is 19.5. The van der Waals surface area contributed by atoms with Crippen molar-refractivity contribution in [2.75, 3.05) is 19.6 Å². The van der Waals surface area contributed by atoms with E-state index in [0.29, 0.717) is 10.0 Å². The summed E-state index contributed by atoms with van der Waals surface area (Å²) >= 11 is 12.9. The molecule has 1 aromatic carbocycles. The van der Waals surface area contributed by atoms with Gasteiger partial charge in [-0.2, -0.15) is 0 Å². The molecule has 1 atom stereocenters. The van der Waals surface area contributed by atoms with Crippen LogP contribution in [0.5, 0.6) is 0 Å². The first-order valence-corrected chi connectivity index (χ1v) is 12.2. The van der Waals surface area contributed by atoms with Gasteiger partial charge < -0.3 is 9.64 Å². The predicted octanol–water partition coefficient (Wildman–Crippen LogP) is 7.46. The van der Waals surface area contributed by atoms with E-state index in [1.165, 1.54) is 38.6 Å². The summed E-state index contributed by atoms with van der Waals surface area (Å²) in [6, 6.07) is 3.99. The molecule has 0 amide bonds. The van der Waals surface area contributed by atoms with Crippen LogP contribution in [-0.2, 0) is 4.74 Å². The Balaban J connectivity index is 1.49. The van der Waals surface area contributed by atoms with Crippen molar-refractivity contribution in [3.05, 3.63) is 69.8 Å². The number of ether oxygens (including phenoxy) is 1. The Morgan fingerprint density at radius 1 is 0.967 bits per heavy atom. The molecule has 4 rings (SSSR count). The maximum Gasteiger partial charge on any atom is 0.102 e. The lowest BCUT2D eigenvalue weighted by Gasteiger charge is -2.42. The van der Waals surface area contributed by atoms with Crippen LogP contribution in [0.15, 0.2) is 48.6 Å². The minimum atomic E-state index is -0.253. The maximum atomic E-state index is 6.82. The molecule has 1 unspecified atom stereocenters. The summed E-state index contributed by atoms with van der Waals surface area (Å²) in [4.78, 5) is 2.66. The highest BCUT2D eigenvalue weighted by Gasteiger charge is 2.36. The van der Waals surface area contributed by atoms with Gasteiger partial charge in [0.05, 0.1) is 5.60 Å². The van der Waals surface area contributed by atoms with Crippen LogP contribution in [-0.4, -0.2) is 30.1 Å². The van der Waals surface area contributed by atoms with Crippen molar-refractivity contribution < 1.29 is 4.74 Å². The molecule has 2 aliphatic heterocycles. The van der Waals surface area contributed by atoms with Crippen LogP contribution in [0.1, 0.15) is 62.2 Å². The fourth-order valence-electron chi connectivity index (χ4n) is 5.00. The summed E-state index contributed by atoms with van der Waals surface area (Å²) in [6.45, 7) is 5.39. The Bertz CT molecular complexity index is 791. The number of halogens is 2. The molecule has 4 heteroatoms. The zero-order chi connectivity index (χ0) is 21.0. The highest BCUT2D eigenvalue weighted by molar-refractivity contribution is 6.36. The van der Waals surface area contributed by atoms with E-state index in [2.05, 4.69) is 35.3 Å². The van der Waals surface area contributed by atoms with Crippen molar-refractivity contribution in [1.29, 1.82) is 0 Å². The van der Waals surface area contributed by atoms with E-state index in [4.69, 9.17) is 27.9 Å². The highest BCUT2D eigenvalue weighted by Crippen LogP contribution is 2.38. The van der Waals surface area contributed by atoms with E-state index in [1.807, 2.05) is 25.1 Å². The van der Waals surface area contributed by atoms with Crippen molar-refractivity contribution in [2.45, 2.75) is 63.6 Å². The smallest absolute Gasteiger partial charge is 0.102 e. The van der Waals surface area contributed by atoms with E-state index >= 15 is 0 Å². The molecule has 0 radical (unpaired) electrons. The number of allylic oxidation sites excluding steroid dienone is 4. The van der Waals surface area contributed by atoms with Gasteiger partial charge in [0.1, 0.15) is 6.10 Å². The zero-order valence-electron chi connectivity index (χ0n) is 18.0. The third-order valence-electron chi connectivity index (χ3n) is 6.96. The number of benzene rings is 1. The lowest BCUT2D eigenvalue weighted by atomic mass is 9.86. The van der Waals surface area contributed by atoms with E-state index in [9.17, 15) is 0 Å². The lowest BCUT2D eigenvalue weighted by Crippen LogP contribution is -2.46. The Morgan fingerprint density at radius 2 is 1.63 bits per heavy atom. The van der Waals surface area contributed by atoms with Gasteiger partial charge in [-0.15, -0.1) is 0 Å². The van der Waals surface area contributed by atoms with Crippen LogP contribution in [0.3, 0.4) is 0 Å². The number of likely N-dealkylation sites (tertiary alicyclic amines) is 1. The number of hydrogen-bond acceptors (Lipinski definition) is 2. The number of piperidine rings is 1. The van der Waals surface area contributed by atoms with Crippen molar-refractivity contribution in [3.63, 3.8) is 0 Å². The number of nitrogens with zero attached hydrogens (tertiary/aromatic N) is 1. The molecule has 0 bridgehead atoms. The van der Waals surface area contributed by atoms with Crippen LogP contribution in [0.4, 0.5) is 0 Å². The standard InChI is InChI=1S/C26H33Cl2NO/c1-20-23(27)17-22(18-24(20)28)25-11-7-2-3-8-12-26(30-25)13-15-29(16-14-26)19-21-9-5-4-6-10-21/h2-3,7-8,11-12,17-18,21,25H,4-6,9-10,13-16,19H2,1H3/b3-2-,11-7+,12-8+. The molecule has 1 aliphatic carbocycles. The van der Waals surface area contributed by atoms with Crippen LogP contribution in [0, 0.1) is 12.8 Å². The first kappa shape index (κ1) is 22.1. The van der Waals surface area contributed by atoms with Crippen molar-refractivity contribution >= 4 is 23.2 Å². The molecule has 1 aromatic rings. The average Bonchev–Trinajstić information content (AvgIpc) is 2.85. The van der Waals surface area contributed by atoms with E-state index in [-0.39, 0.29) is 11.7 Å². The third kappa shape index (κ3) is 5.40. The number of hydrogen-bond donors (Lipinski definition) is 0. The van der Waals surface area contributed by atoms with E-state index < -0.39 is 0 Å². The monoisotopic (exact) mass is 445 g/mol. The summed E-state index contributed by atoms with van der Waals surface area (Å²) in [5.41, 5.74) is 1.68. The molecule has 162 valence electrons. The van der Waals surface area contributed by atoms with Gasteiger partial charge in [-0.1, -0.05) is 78.9 Å². The van der Waals surface area contributed by atoms with Gasteiger partial charge in [0.15, 0.2) is 0 Å². The molecule has 2 nitrogen and oxygen atoms in total. The number of rotatable bonds is 3. The maximum absolute atomic E-state index is 6.82. The van der Waals surface area contributed by atoms with Gasteiger partial charge in [0.2, 0.25) is 0 Å². The van der Waals surface area contributed by atoms with Gasteiger partial charge in [-0.25, -0.2) is 0 Å². The second-order valence-electron chi connectivity index (χ2n) is 9.15. The molecule has 1 spiro atoms. The summed E-state index contributed by atoms with van der Waals surface area (Å²) in [6.07, 6.45) is 21.6. The van der Waals surface area contributed by atoms with E-state index in [0.717, 1.165) is 43.0 Å². The van der Waals surface area contributed by atoms with Gasteiger partial charge in [-0.3, -0.25) is 0 Å². The molecule has 1 saturated carbocycles. The highest BCUT2D eigenvalue weighted by atomic mass is 35.5. The SMILES string of the molecule is Cc1c(Cl)cc(C2/C=C/C=C\C=C\C3(CCN(CC4CCCCC4)CC3)O2)cc1Cl. The second-order valence-corrected chi connectivity index (χ2v) is 9.96. The third-order valence-corrected chi connectivity index (χ3v) is 7.74. The molecule has 0 aromatic heterocycles. The molecular weight excluding hydrogens is 413 g/mol. The first-order chi connectivity index (χ1) is 14.5. The van der Waals surface area contributed by atoms with Crippen molar-refractivity contribution in [2.24, 2.45) is 5.92 Å². The summed E-state index contributed by atoms with van der Waals surface area (Å²) in [5, 5.41) is 1.38. The minimum absolute atomic E-state index is 0.169. The predicted molar refractivity (Wildman–Crippen MR) is 127 cm³/mol. The molecule has 2 fully saturated rings. The van der Waals surface area contributed by atoms with Crippen molar-refractivity contribution in [3.8, 4) is 0 Å². The average molecular weight is 446 g/mol. The summed E-state index contributed by atoms with van der Waals surface area (Å²) in [5.74, 6) is 0.889. The Morgan fingerprint density at radius 3 is 2.33 bits per heavy atom. The van der Waals surface area contributed by atoms with Gasteiger partial charge in [-0.05, 0) is 61.8 Å². The molecule has 2 heterocycles. The van der Waals surface area contributed by atoms with Gasteiger partial charge in [0.25, 0.3) is 0 Å². The molecule has 0 N–H and O–H groups in total. The minimum Gasteiger partial charge on any atom is -0.359 e. The fourth-order valence-corrected chi connectivity index (χ4v) is 5.50. The largest absolute Gasteiger partial charge is 0.359 e. The first-order valence-electron chi connectivity index (χ1n) is 11.4. The normalized spacial score (nSPS) is 28.4. The van der Waals surface area contributed by atoms with Crippen LogP contribution >= 0.6 is 23.2 Å². The van der Waals surface area contributed by atoms with Gasteiger partial charge >= 0.3 is 0 Å². The molecule has 30 heavy (non-hydrogen) atoms. The Hall–Kier alpha value is -1.06. The lowest BCUT2D eigenvalue weighted by molar-refractivity contribution is -0.0799. The quantitative estimate of drug-likeness (QED) is 0.478. The fraction of sp³-hybridized carbons (Fsp3) is 0.538. The van der Waals surface area contributed by atoms with Gasteiger partial charge in [0, 0.05) is 29.7 Å².